The molecule has 0 bridgehead atoms. The standard InChI is InChI=1S/C15H24.C4H8O.3C2H6/c1-5-13-9-15(7-11(13)3)8-12(4)14(6-2)10-15;1-4(2)5-3;3*1-2/h5-10H2,1-4H3;1H2,2-3H3;3*1-2H3. The van der Waals surface area contributed by atoms with E-state index in [1.807, 2.05) is 41.5 Å². The van der Waals surface area contributed by atoms with E-state index >= 15 is 0 Å². The Morgan fingerprint density at radius 1 is 0.808 bits per heavy atom. The highest BCUT2D eigenvalue weighted by atomic mass is 16.5. The molecule has 1 nitrogen and oxygen atoms in total. The predicted octanol–water partition coefficient (Wildman–Crippen LogP) is 9.26. The van der Waals surface area contributed by atoms with Crippen LogP contribution in [0.5, 0.6) is 0 Å². The minimum atomic E-state index is 0.630. The first-order chi connectivity index (χ1) is 12.4. The largest absolute Gasteiger partial charge is 0.502 e. The Morgan fingerprint density at radius 2 is 1.08 bits per heavy atom. The Balaban J connectivity index is -0.000000407. The molecule has 1 spiro atoms. The first-order valence-electron chi connectivity index (χ1n) is 10.9. The van der Waals surface area contributed by atoms with Gasteiger partial charge in [-0.3, -0.25) is 0 Å². The van der Waals surface area contributed by atoms with Crippen LogP contribution in [-0.2, 0) is 4.74 Å². The molecule has 0 unspecified atom stereocenters. The smallest absolute Gasteiger partial charge is 0.0853 e. The van der Waals surface area contributed by atoms with E-state index in [1.165, 1.54) is 38.5 Å². The first kappa shape index (κ1) is 29.8. The molecule has 0 heterocycles. The second-order valence-corrected chi connectivity index (χ2v) is 6.59. The Bertz CT molecular complexity index is 389. The van der Waals surface area contributed by atoms with Gasteiger partial charge in [-0.05, 0) is 64.7 Å². The van der Waals surface area contributed by atoms with Gasteiger partial charge in [-0.1, -0.05) is 84.3 Å². The van der Waals surface area contributed by atoms with Crippen LogP contribution in [0, 0.1) is 5.41 Å². The lowest BCUT2D eigenvalue weighted by Crippen LogP contribution is -2.13. The minimum Gasteiger partial charge on any atom is -0.502 e. The third kappa shape index (κ3) is 10.2. The van der Waals surface area contributed by atoms with Crippen LogP contribution in [0.25, 0.3) is 0 Å². The summed E-state index contributed by atoms with van der Waals surface area (Å²) in [6, 6.07) is 0. The fraction of sp³-hybridized carbons (Fsp3) is 0.760. The molecule has 156 valence electrons. The number of hydrogen-bond acceptors (Lipinski definition) is 1. The van der Waals surface area contributed by atoms with Gasteiger partial charge in [0.2, 0.25) is 0 Å². The van der Waals surface area contributed by atoms with Crippen LogP contribution < -0.4 is 0 Å². The van der Waals surface area contributed by atoms with E-state index in [0.717, 1.165) is 5.76 Å². The van der Waals surface area contributed by atoms with Crippen LogP contribution in [0.3, 0.4) is 0 Å². The molecule has 0 N–H and O–H groups in total. The zero-order valence-electron chi connectivity index (χ0n) is 20.4. The molecule has 0 atom stereocenters. The molecule has 0 amide bonds. The Morgan fingerprint density at radius 3 is 1.23 bits per heavy atom. The van der Waals surface area contributed by atoms with E-state index in [4.69, 9.17) is 0 Å². The molecular weight excluding hydrogens is 316 g/mol. The summed E-state index contributed by atoms with van der Waals surface area (Å²) in [4.78, 5) is 0. The summed E-state index contributed by atoms with van der Waals surface area (Å²) >= 11 is 0. The third-order valence-electron chi connectivity index (χ3n) is 4.87. The highest BCUT2D eigenvalue weighted by Gasteiger charge is 2.40. The number of hydrogen-bond donors (Lipinski definition) is 0. The van der Waals surface area contributed by atoms with Gasteiger partial charge in [0.25, 0.3) is 0 Å². The quantitative estimate of drug-likeness (QED) is 0.357. The average molecular weight is 367 g/mol. The van der Waals surface area contributed by atoms with Gasteiger partial charge in [-0.25, -0.2) is 0 Å². The molecule has 2 rings (SSSR count). The Kier molecular flexibility index (Phi) is 20.0. The number of methoxy groups -OCH3 is 1. The van der Waals surface area contributed by atoms with E-state index in [-0.39, 0.29) is 0 Å². The highest BCUT2D eigenvalue weighted by molar-refractivity contribution is 5.32. The van der Waals surface area contributed by atoms with Crippen LogP contribution in [0.2, 0.25) is 0 Å². The van der Waals surface area contributed by atoms with E-state index in [2.05, 4.69) is 39.0 Å². The predicted molar refractivity (Wildman–Crippen MR) is 123 cm³/mol. The van der Waals surface area contributed by atoms with Crippen LogP contribution in [-0.4, -0.2) is 7.11 Å². The van der Waals surface area contributed by atoms with Gasteiger partial charge >= 0.3 is 0 Å². The summed E-state index contributed by atoms with van der Waals surface area (Å²) in [5.74, 6) is 0.755. The number of rotatable bonds is 3. The molecular formula is C25H50O. The Hall–Kier alpha value is -0.980. The highest BCUT2D eigenvalue weighted by Crippen LogP contribution is 2.55. The molecule has 2 aliphatic carbocycles. The first-order valence-corrected chi connectivity index (χ1v) is 10.9. The zero-order chi connectivity index (χ0) is 21.3. The van der Waals surface area contributed by atoms with Crippen molar-refractivity contribution in [1.82, 2.24) is 0 Å². The van der Waals surface area contributed by atoms with Crippen LogP contribution in [0.15, 0.2) is 34.6 Å². The maximum absolute atomic E-state index is 4.56. The second kappa shape index (κ2) is 17.4. The summed E-state index contributed by atoms with van der Waals surface area (Å²) < 4.78 is 4.56. The van der Waals surface area contributed by atoms with E-state index in [9.17, 15) is 0 Å². The van der Waals surface area contributed by atoms with Crippen molar-refractivity contribution in [2.24, 2.45) is 5.41 Å². The van der Waals surface area contributed by atoms with Gasteiger partial charge in [0, 0.05) is 0 Å². The normalized spacial score (nSPS) is 16.3. The summed E-state index contributed by atoms with van der Waals surface area (Å²) in [5, 5.41) is 0. The molecule has 0 radical (unpaired) electrons. The van der Waals surface area contributed by atoms with Crippen LogP contribution in [0.4, 0.5) is 0 Å². The molecule has 0 aromatic carbocycles. The van der Waals surface area contributed by atoms with Gasteiger partial charge in [0.15, 0.2) is 0 Å². The van der Waals surface area contributed by atoms with Gasteiger partial charge in [0.05, 0.1) is 12.9 Å². The molecule has 1 heteroatoms. The minimum absolute atomic E-state index is 0.630. The number of ether oxygens (including phenoxy) is 1. The summed E-state index contributed by atoms with van der Waals surface area (Å²) in [6.45, 7) is 26.6. The van der Waals surface area contributed by atoms with Gasteiger partial charge in [-0.2, -0.15) is 0 Å². The van der Waals surface area contributed by atoms with Crippen molar-refractivity contribution in [3.8, 4) is 0 Å². The van der Waals surface area contributed by atoms with Crippen molar-refractivity contribution in [3.05, 3.63) is 34.6 Å². The van der Waals surface area contributed by atoms with Crippen molar-refractivity contribution >= 4 is 0 Å². The summed E-state index contributed by atoms with van der Waals surface area (Å²) in [7, 11) is 1.60. The lowest BCUT2D eigenvalue weighted by molar-refractivity contribution is 0.295. The number of allylic oxidation sites excluding steroid dienone is 5. The van der Waals surface area contributed by atoms with E-state index in [1.54, 1.807) is 36.3 Å². The van der Waals surface area contributed by atoms with Crippen molar-refractivity contribution in [3.63, 3.8) is 0 Å². The van der Waals surface area contributed by atoms with Gasteiger partial charge in [0.1, 0.15) is 0 Å². The van der Waals surface area contributed by atoms with Crippen molar-refractivity contribution < 1.29 is 4.74 Å². The Labute approximate surface area is 167 Å². The lowest BCUT2D eigenvalue weighted by atomic mass is 9.79. The van der Waals surface area contributed by atoms with Crippen molar-refractivity contribution in [1.29, 1.82) is 0 Å². The summed E-state index contributed by atoms with van der Waals surface area (Å²) in [5.41, 5.74) is 7.52. The molecule has 0 aromatic rings. The maximum Gasteiger partial charge on any atom is 0.0853 e. The van der Waals surface area contributed by atoms with Crippen LogP contribution >= 0.6 is 0 Å². The fourth-order valence-electron chi connectivity index (χ4n) is 3.81. The van der Waals surface area contributed by atoms with Gasteiger partial charge < -0.3 is 4.74 Å². The second-order valence-electron chi connectivity index (χ2n) is 6.59. The summed E-state index contributed by atoms with van der Waals surface area (Å²) in [6.07, 6.45) is 8.06. The van der Waals surface area contributed by atoms with Crippen molar-refractivity contribution in [2.75, 3.05) is 7.11 Å². The SMILES string of the molecule is C=C(C)OC.CC.CC.CC.CCC1=C(C)CC2(CC(C)=C(CC)C2)C1. The molecule has 0 aromatic heterocycles. The third-order valence-corrected chi connectivity index (χ3v) is 4.87. The molecule has 0 saturated carbocycles. The topological polar surface area (TPSA) is 9.23 Å². The monoisotopic (exact) mass is 366 g/mol. The van der Waals surface area contributed by atoms with Crippen LogP contribution in [0.1, 0.15) is 115 Å². The lowest BCUT2D eigenvalue weighted by Gasteiger charge is -2.24. The van der Waals surface area contributed by atoms with Crippen molar-refractivity contribution in [2.45, 2.75) is 115 Å². The zero-order valence-corrected chi connectivity index (χ0v) is 20.4. The molecule has 0 saturated heterocycles. The van der Waals surface area contributed by atoms with E-state index < -0.39 is 0 Å². The fourth-order valence-corrected chi connectivity index (χ4v) is 3.81. The van der Waals surface area contributed by atoms with Gasteiger partial charge in [-0.15, -0.1) is 0 Å². The average Bonchev–Trinajstić information content (AvgIpc) is 3.17. The molecule has 2 aliphatic rings. The molecule has 0 aliphatic heterocycles. The molecule has 0 fully saturated rings. The molecule has 26 heavy (non-hydrogen) atoms. The van der Waals surface area contributed by atoms with E-state index in [0.29, 0.717) is 5.41 Å². The maximum atomic E-state index is 4.56.